The highest BCUT2D eigenvalue weighted by Crippen LogP contribution is 2.31. The Bertz CT molecular complexity index is 1040. The number of aromatic nitrogens is 1. The smallest absolute Gasteiger partial charge is 0.319 e. The van der Waals surface area contributed by atoms with Crippen molar-refractivity contribution in [3.63, 3.8) is 0 Å². The Kier molecular flexibility index (Phi) is 6.51. The molecule has 6 nitrogen and oxygen atoms in total. The Balaban J connectivity index is 1.27. The topological polar surface area (TPSA) is 72.5 Å². The molecule has 0 atom stereocenters. The van der Waals surface area contributed by atoms with Gasteiger partial charge in [-0.2, -0.15) is 0 Å². The van der Waals surface area contributed by atoms with Gasteiger partial charge in [-0.1, -0.05) is 11.8 Å². The van der Waals surface area contributed by atoms with E-state index in [4.69, 9.17) is 9.47 Å². The molecule has 0 unspecified atom stereocenters. The number of rotatable bonds is 6. The summed E-state index contributed by atoms with van der Waals surface area (Å²) in [5.74, 6) is 0.307. The van der Waals surface area contributed by atoms with Crippen molar-refractivity contribution >= 4 is 34.8 Å². The number of carbonyl (C=O) groups is 1. The molecular weight excluding hydrogens is 425 g/mol. The minimum Gasteiger partial charge on any atom is -0.467 e. The second kappa shape index (κ2) is 9.46. The van der Waals surface area contributed by atoms with Gasteiger partial charge in [0.25, 0.3) is 0 Å². The van der Waals surface area contributed by atoms with Crippen molar-refractivity contribution in [2.45, 2.75) is 29.2 Å². The molecule has 2 amide bonds. The maximum atomic E-state index is 13.8. The van der Waals surface area contributed by atoms with Crippen LogP contribution in [0.1, 0.15) is 16.8 Å². The molecule has 2 aromatic carbocycles. The molecule has 4 rings (SSSR count). The standard InChI is InChI=1S/C21H20FN3O3S2/c1-13-11-29-21(24-13)30-18-4-2-17(3-5-18)25-20(26)23-7-6-14-8-16(22)9-15-10-27-12-28-19(14)15/h2-5,8-9,11H,6-7,10,12H2,1H3,(H2,23,25,26). The number of anilines is 1. The van der Waals surface area contributed by atoms with E-state index in [1.807, 2.05) is 36.6 Å². The molecule has 0 bridgehead atoms. The number of thiazole rings is 1. The van der Waals surface area contributed by atoms with Gasteiger partial charge >= 0.3 is 6.03 Å². The Labute approximate surface area is 181 Å². The number of nitrogens with zero attached hydrogens (tertiary/aromatic N) is 1. The van der Waals surface area contributed by atoms with Gasteiger partial charge < -0.3 is 20.1 Å². The molecule has 1 aromatic heterocycles. The maximum absolute atomic E-state index is 13.8. The third-order valence-corrected chi connectivity index (χ3v) is 6.41. The van der Waals surface area contributed by atoms with Gasteiger partial charge in [0.15, 0.2) is 11.1 Å². The number of amides is 2. The fraction of sp³-hybridized carbons (Fsp3) is 0.238. The molecule has 0 fully saturated rings. The lowest BCUT2D eigenvalue weighted by Crippen LogP contribution is -2.30. The number of hydrogen-bond donors (Lipinski definition) is 2. The molecule has 1 aliphatic heterocycles. The summed E-state index contributed by atoms with van der Waals surface area (Å²) in [4.78, 5) is 17.7. The van der Waals surface area contributed by atoms with E-state index in [9.17, 15) is 9.18 Å². The first kappa shape index (κ1) is 20.6. The molecule has 0 saturated carbocycles. The highest BCUT2D eigenvalue weighted by atomic mass is 32.2. The molecule has 156 valence electrons. The van der Waals surface area contributed by atoms with Crippen molar-refractivity contribution in [1.82, 2.24) is 10.3 Å². The van der Waals surface area contributed by atoms with Crippen LogP contribution in [0.4, 0.5) is 14.9 Å². The second-order valence-electron chi connectivity index (χ2n) is 6.68. The minimum atomic E-state index is -0.340. The zero-order chi connectivity index (χ0) is 20.9. The predicted molar refractivity (Wildman–Crippen MR) is 115 cm³/mol. The van der Waals surface area contributed by atoms with Crippen LogP contribution in [0.25, 0.3) is 0 Å². The molecule has 0 saturated heterocycles. The molecule has 0 spiro atoms. The largest absolute Gasteiger partial charge is 0.467 e. The third kappa shape index (κ3) is 5.29. The Morgan fingerprint density at radius 2 is 2.13 bits per heavy atom. The lowest BCUT2D eigenvalue weighted by molar-refractivity contribution is -0.0172. The fourth-order valence-electron chi connectivity index (χ4n) is 3.01. The molecule has 1 aliphatic rings. The summed E-state index contributed by atoms with van der Waals surface area (Å²) in [7, 11) is 0. The van der Waals surface area contributed by atoms with Crippen LogP contribution in [0.3, 0.4) is 0 Å². The number of fused-ring (bicyclic) bond motifs is 1. The van der Waals surface area contributed by atoms with Gasteiger partial charge in [-0.25, -0.2) is 14.2 Å². The predicted octanol–water partition coefficient (Wildman–Crippen LogP) is 4.97. The first-order valence-corrected chi connectivity index (χ1v) is 11.0. The van der Waals surface area contributed by atoms with Crippen LogP contribution in [0, 0.1) is 12.7 Å². The minimum absolute atomic E-state index is 0.149. The van der Waals surface area contributed by atoms with Gasteiger partial charge in [0.2, 0.25) is 0 Å². The van der Waals surface area contributed by atoms with Crippen LogP contribution < -0.4 is 15.4 Å². The van der Waals surface area contributed by atoms with Crippen LogP contribution >= 0.6 is 23.1 Å². The van der Waals surface area contributed by atoms with E-state index >= 15 is 0 Å². The van der Waals surface area contributed by atoms with E-state index in [1.54, 1.807) is 23.1 Å². The van der Waals surface area contributed by atoms with Gasteiger partial charge in [-0.05, 0) is 55.3 Å². The quantitative estimate of drug-likeness (QED) is 0.560. The van der Waals surface area contributed by atoms with Gasteiger partial charge in [0, 0.05) is 33.8 Å². The zero-order valence-corrected chi connectivity index (χ0v) is 17.9. The SMILES string of the molecule is Cc1csc(Sc2ccc(NC(=O)NCCc3cc(F)cc4c3OCOC4)cc2)n1. The number of benzene rings is 2. The lowest BCUT2D eigenvalue weighted by Gasteiger charge is -2.21. The first-order chi connectivity index (χ1) is 14.6. The normalized spacial score (nSPS) is 12.7. The average molecular weight is 446 g/mol. The zero-order valence-electron chi connectivity index (χ0n) is 16.2. The van der Waals surface area contributed by atoms with E-state index in [2.05, 4.69) is 15.6 Å². The molecule has 2 N–H and O–H groups in total. The highest BCUT2D eigenvalue weighted by Gasteiger charge is 2.17. The Morgan fingerprint density at radius 1 is 1.30 bits per heavy atom. The first-order valence-electron chi connectivity index (χ1n) is 9.33. The molecule has 9 heteroatoms. The number of hydrogen-bond acceptors (Lipinski definition) is 6. The summed E-state index contributed by atoms with van der Waals surface area (Å²) >= 11 is 3.20. The van der Waals surface area contributed by atoms with E-state index in [0.717, 1.165) is 14.9 Å². The van der Waals surface area contributed by atoms with Crippen LogP contribution in [0.15, 0.2) is 51.0 Å². The van der Waals surface area contributed by atoms with Crippen molar-refractivity contribution < 1.29 is 18.7 Å². The average Bonchev–Trinajstić information content (AvgIpc) is 3.14. The van der Waals surface area contributed by atoms with Gasteiger partial charge in [-0.15, -0.1) is 11.3 Å². The summed E-state index contributed by atoms with van der Waals surface area (Å²) in [6, 6.07) is 10.1. The Hall–Kier alpha value is -2.62. The lowest BCUT2D eigenvalue weighted by atomic mass is 10.1. The van der Waals surface area contributed by atoms with E-state index in [-0.39, 0.29) is 18.6 Å². The van der Waals surface area contributed by atoms with Crippen molar-refractivity contribution in [2.24, 2.45) is 0 Å². The fourth-order valence-corrected chi connectivity index (χ4v) is 4.82. The molecule has 0 aliphatic carbocycles. The monoisotopic (exact) mass is 445 g/mol. The van der Waals surface area contributed by atoms with Gasteiger partial charge in [-0.3, -0.25) is 0 Å². The van der Waals surface area contributed by atoms with E-state index < -0.39 is 0 Å². The number of ether oxygens (including phenoxy) is 2. The van der Waals surface area contributed by atoms with Gasteiger partial charge in [0.1, 0.15) is 11.6 Å². The van der Waals surface area contributed by atoms with Gasteiger partial charge in [0.05, 0.1) is 6.61 Å². The highest BCUT2D eigenvalue weighted by molar-refractivity contribution is 8.01. The number of halogens is 1. The number of aryl methyl sites for hydroxylation is 1. The number of urea groups is 1. The maximum Gasteiger partial charge on any atom is 0.319 e. The van der Waals surface area contributed by atoms with E-state index in [1.165, 1.54) is 12.1 Å². The summed E-state index contributed by atoms with van der Waals surface area (Å²) in [5, 5.41) is 7.61. The third-order valence-electron chi connectivity index (χ3n) is 4.35. The van der Waals surface area contributed by atoms with Crippen molar-refractivity contribution in [3.8, 4) is 5.75 Å². The van der Waals surface area contributed by atoms with Crippen LogP contribution in [-0.2, 0) is 17.8 Å². The Morgan fingerprint density at radius 3 is 2.90 bits per heavy atom. The van der Waals surface area contributed by atoms with Crippen LogP contribution in [-0.4, -0.2) is 24.4 Å². The number of carbonyl (C=O) groups excluding carboxylic acids is 1. The molecular formula is C21H20FN3O3S2. The summed E-state index contributed by atoms with van der Waals surface area (Å²) < 4.78 is 25.5. The van der Waals surface area contributed by atoms with Crippen LogP contribution in [0.2, 0.25) is 0 Å². The number of nitrogens with one attached hydrogen (secondary N) is 2. The van der Waals surface area contributed by atoms with Crippen molar-refractivity contribution in [2.75, 3.05) is 18.7 Å². The summed E-state index contributed by atoms with van der Waals surface area (Å²) in [5.41, 5.74) is 3.10. The molecule has 2 heterocycles. The molecule has 0 radical (unpaired) electrons. The van der Waals surface area contributed by atoms with Crippen molar-refractivity contribution in [1.29, 1.82) is 0 Å². The second-order valence-corrected chi connectivity index (χ2v) is 8.85. The molecule has 30 heavy (non-hydrogen) atoms. The summed E-state index contributed by atoms with van der Waals surface area (Å²) in [6.45, 7) is 2.79. The van der Waals surface area contributed by atoms with Crippen molar-refractivity contribution in [3.05, 3.63) is 64.4 Å². The molecule has 3 aromatic rings. The van der Waals surface area contributed by atoms with Crippen LogP contribution in [0.5, 0.6) is 5.75 Å². The summed E-state index contributed by atoms with van der Waals surface area (Å²) in [6.07, 6.45) is 0.455. The van der Waals surface area contributed by atoms with E-state index in [0.29, 0.717) is 42.1 Å².